The molecular weight excluding hydrogens is 443 g/mol. The molecule has 0 bridgehead atoms. The Labute approximate surface area is 176 Å². The van der Waals surface area contributed by atoms with Crippen LogP contribution in [-0.4, -0.2) is 63.7 Å². The Kier molecular flexibility index (Phi) is 13.3. The first-order valence-corrected chi connectivity index (χ1v) is 9.64. The van der Waals surface area contributed by atoms with Crippen molar-refractivity contribution in [3.05, 3.63) is 0 Å². The number of ether oxygens (including phenoxy) is 1. The van der Waals surface area contributed by atoms with E-state index in [4.69, 9.17) is 4.74 Å². The van der Waals surface area contributed by atoms with Crippen molar-refractivity contribution in [2.75, 3.05) is 46.9 Å². The Morgan fingerprint density at radius 3 is 2.58 bits per heavy atom. The summed E-state index contributed by atoms with van der Waals surface area (Å²) >= 11 is 0. The topological polar surface area (TPSA) is 66.0 Å². The molecule has 0 aromatic rings. The number of guanidine groups is 1. The molecule has 0 saturated carbocycles. The van der Waals surface area contributed by atoms with E-state index in [0.29, 0.717) is 5.92 Å². The highest BCUT2D eigenvalue weighted by Gasteiger charge is 2.19. The number of nitrogens with one attached hydrogen (secondary N) is 2. The van der Waals surface area contributed by atoms with Gasteiger partial charge in [0.2, 0.25) is 5.91 Å². The Balaban J connectivity index is 0.00000625. The minimum absolute atomic E-state index is 0. The molecule has 6 nitrogen and oxygen atoms in total. The summed E-state index contributed by atoms with van der Waals surface area (Å²) in [7, 11) is 3.51. The van der Waals surface area contributed by atoms with E-state index in [1.54, 1.807) is 19.0 Å². The maximum absolute atomic E-state index is 11.8. The number of likely N-dealkylation sites (N-methyl/N-ethyl adjacent to an activating group) is 1. The van der Waals surface area contributed by atoms with Gasteiger partial charge in [0.05, 0.1) is 6.61 Å². The normalized spacial score (nSPS) is 17.6. The van der Waals surface area contributed by atoms with Gasteiger partial charge in [0.25, 0.3) is 0 Å². The van der Waals surface area contributed by atoms with Crippen LogP contribution in [0.4, 0.5) is 0 Å². The van der Waals surface area contributed by atoms with E-state index in [2.05, 4.69) is 36.4 Å². The van der Waals surface area contributed by atoms with E-state index in [9.17, 15) is 4.79 Å². The van der Waals surface area contributed by atoms with Gasteiger partial charge in [-0.1, -0.05) is 40.0 Å². The van der Waals surface area contributed by atoms with Gasteiger partial charge in [-0.25, -0.2) is 4.99 Å². The average molecular weight is 482 g/mol. The van der Waals surface area contributed by atoms with Crippen LogP contribution in [0, 0.1) is 11.3 Å². The largest absolute Gasteiger partial charge is 0.381 e. The van der Waals surface area contributed by atoms with Crippen LogP contribution in [0.25, 0.3) is 0 Å². The molecule has 1 aliphatic heterocycles. The number of carbonyl (C=O) groups is 1. The van der Waals surface area contributed by atoms with Crippen molar-refractivity contribution in [3.63, 3.8) is 0 Å². The van der Waals surface area contributed by atoms with Crippen LogP contribution in [0.1, 0.15) is 52.9 Å². The molecule has 0 aromatic carbocycles. The summed E-state index contributed by atoms with van der Waals surface area (Å²) in [5.41, 5.74) is 0.208. The first-order chi connectivity index (χ1) is 11.8. The molecule has 1 amide bonds. The molecule has 154 valence electrons. The SMILES string of the molecule is CCCCCC(C)(C)CNC(=NCC(=O)N(C)C)NCC1CCOC1.I. The fourth-order valence-electron chi connectivity index (χ4n) is 2.71. The Morgan fingerprint density at radius 2 is 2.00 bits per heavy atom. The van der Waals surface area contributed by atoms with Gasteiger partial charge in [0, 0.05) is 39.7 Å². The van der Waals surface area contributed by atoms with Crippen molar-refractivity contribution in [3.8, 4) is 0 Å². The van der Waals surface area contributed by atoms with Gasteiger partial charge in [-0.15, -0.1) is 24.0 Å². The van der Waals surface area contributed by atoms with Gasteiger partial charge < -0.3 is 20.3 Å². The zero-order valence-electron chi connectivity index (χ0n) is 17.3. The number of hydrogen-bond donors (Lipinski definition) is 2. The van der Waals surface area contributed by atoms with E-state index >= 15 is 0 Å². The highest BCUT2D eigenvalue weighted by molar-refractivity contribution is 14.0. The van der Waals surface area contributed by atoms with Crippen molar-refractivity contribution in [2.45, 2.75) is 52.9 Å². The van der Waals surface area contributed by atoms with E-state index in [1.807, 2.05) is 0 Å². The lowest BCUT2D eigenvalue weighted by Gasteiger charge is -2.26. The summed E-state index contributed by atoms with van der Waals surface area (Å²) in [4.78, 5) is 17.9. The molecule has 1 fully saturated rings. The molecular formula is C19H39IN4O2. The minimum atomic E-state index is 0. The molecule has 0 radical (unpaired) electrons. The van der Waals surface area contributed by atoms with Crippen LogP contribution in [0.3, 0.4) is 0 Å². The zero-order chi connectivity index (χ0) is 18.7. The van der Waals surface area contributed by atoms with Crippen LogP contribution >= 0.6 is 24.0 Å². The maximum Gasteiger partial charge on any atom is 0.243 e. The van der Waals surface area contributed by atoms with Crippen LogP contribution < -0.4 is 10.6 Å². The molecule has 1 saturated heterocycles. The highest BCUT2D eigenvalue weighted by atomic mass is 127. The van der Waals surface area contributed by atoms with E-state index in [-0.39, 0.29) is 41.8 Å². The van der Waals surface area contributed by atoms with Crippen molar-refractivity contribution in [1.29, 1.82) is 0 Å². The van der Waals surface area contributed by atoms with Crippen LogP contribution in [0.2, 0.25) is 0 Å². The number of rotatable bonds is 10. The number of amides is 1. The predicted molar refractivity (Wildman–Crippen MR) is 119 cm³/mol. The lowest BCUT2D eigenvalue weighted by molar-refractivity contribution is -0.127. The van der Waals surface area contributed by atoms with E-state index in [1.165, 1.54) is 25.7 Å². The standard InChI is InChI=1S/C19H38N4O2.HI/c1-6-7-8-10-19(2,3)15-22-18(21-13-17(24)23(4)5)20-12-16-9-11-25-14-16;/h16H,6-15H2,1-5H3,(H2,20,21,22);1H. The van der Waals surface area contributed by atoms with Gasteiger partial charge in [0.1, 0.15) is 6.54 Å². The number of nitrogens with zero attached hydrogens (tertiary/aromatic N) is 2. The predicted octanol–water partition coefficient (Wildman–Crippen LogP) is 2.87. The number of hydrogen-bond acceptors (Lipinski definition) is 3. The second kappa shape index (κ2) is 13.6. The monoisotopic (exact) mass is 482 g/mol. The van der Waals surface area contributed by atoms with Crippen LogP contribution in [0.15, 0.2) is 4.99 Å². The molecule has 0 aromatic heterocycles. The molecule has 1 aliphatic rings. The smallest absolute Gasteiger partial charge is 0.243 e. The van der Waals surface area contributed by atoms with Gasteiger partial charge in [-0.2, -0.15) is 0 Å². The Morgan fingerprint density at radius 1 is 1.27 bits per heavy atom. The van der Waals surface area contributed by atoms with Gasteiger partial charge in [-0.05, 0) is 18.3 Å². The molecule has 1 rings (SSSR count). The van der Waals surface area contributed by atoms with Crippen molar-refractivity contribution in [1.82, 2.24) is 15.5 Å². The molecule has 1 atom stereocenters. The summed E-state index contributed by atoms with van der Waals surface area (Å²) in [6.45, 7) is 10.3. The fourth-order valence-corrected chi connectivity index (χ4v) is 2.71. The zero-order valence-corrected chi connectivity index (χ0v) is 19.6. The Hall–Kier alpha value is -0.570. The van der Waals surface area contributed by atoms with Crippen LogP contribution in [-0.2, 0) is 9.53 Å². The van der Waals surface area contributed by atoms with Gasteiger partial charge >= 0.3 is 0 Å². The van der Waals surface area contributed by atoms with Gasteiger partial charge in [-0.3, -0.25) is 4.79 Å². The van der Waals surface area contributed by atoms with E-state index < -0.39 is 0 Å². The molecule has 7 heteroatoms. The summed E-state index contributed by atoms with van der Waals surface area (Å²) in [6, 6.07) is 0. The molecule has 0 spiro atoms. The fraction of sp³-hybridized carbons (Fsp3) is 0.895. The van der Waals surface area contributed by atoms with Crippen LogP contribution in [0.5, 0.6) is 0 Å². The minimum Gasteiger partial charge on any atom is -0.381 e. The summed E-state index contributed by atoms with van der Waals surface area (Å²) < 4.78 is 5.43. The van der Waals surface area contributed by atoms with E-state index in [0.717, 1.165) is 38.7 Å². The summed E-state index contributed by atoms with van der Waals surface area (Å²) in [6.07, 6.45) is 6.05. The average Bonchev–Trinajstić information content (AvgIpc) is 3.07. The number of unbranched alkanes of at least 4 members (excludes halogenated alkanes) is 2. The second-order valence-electron chi connectivity index (χ2n) is 8.04. The third-order valence-corrected chi connectivity index (χ3v) is 4.64. The lowest BCUT2D eigenvalue weighted by Crippen LogP contribution is -2.44. The van der Waals surface area contributed by atoms with Crippen molar-refractivity contribution >= 4 is 35.8 Å². The summed E-state index contributed by atoms with van der Waals surface area (Å²) in [5, 5.41) is 6.82. The third kappa shape index (κ3) is 11.2. The number of carbonyl (C=O) groups excluding carboxylic acids is 1. The lowest BCUT2D eigenvalue weighted by atomic mass is 9.87. The first kappa shape index (κ1) is 25.4. The first-order valence-electron chi connectivity index (χ1n) is 9.64. The number of halogens is 1. The molecule has 26 heavy (non-hydrogen) atoms. The molecule has 1 unspecified atom stereocenters. The second-order valence-corrected chi connectivity index (χ2v) is 8.04. The molecule has 1 heterocycles. The van der Waals surface area contributed by atoms with Gasteiger partial charge in [0.15, 0.2) is 5.96 Å². The third-order valence-electron chi connectivity index (χ3n) is 4.64. The highest BCUT2D eigenvalue weighted by Crippen LogP contribution is 2.22. The number of aliphatic imine (C=N–C) groups is 1. The quantitative estimate of drug-likeness (QED) is 0.218. The molecule has 2 N–H and O–H groups in total. The maximum atomic E-state index is 11.8. The van der Waals surface area contributed by atoms with Crippen molar-refractivity contribution in [2.24, 2.45) is 16.3 Å². The summed E-state index contributed by atoms with van der Waals surface area (Å²) in [5.74, 6) is 1.26. The van der Waals surface area contributed by atoms with Crippen molar-refractivity contribution < 1.29 is 9.53 Å². The molecule has 0 aliphatic carbocycles. The Bertz CT molecular complexity index is 422.